The average Bonchev–Trinajstić information content (AvgIpc) is 2.99. The smallest absolute Gasteiger partial charge is 0.225 e. The third kappa shape index (κ3) is 5.63. The number of nitrogens with zero attached hydrogens (tertiary/aromatic N) is 3. The molecule has 1 aromatic carbocycles. The summed E-state index contributed by atoms with van der Waals surface area (Å²) in [7, 11) is 0. The van der Waals surface area contributed by atoms with Gasteiger partial charge in [0.15, 0.2) is 5.16 Å². The number of rotatable bonds is 10. The van der Waals surface area contributed by atoms with Gasteiger partial charge in [0.2, 0.25) is 5.91 Å². The van der Waals surface area contributed by atoms with E-state index in [1.54, 1.807) is 0 Å². The number of benzene rings is 1. The summed E-state index contributed by atoms with van der Waals surface area (Å²) >= 11 is 1.53. The molecule has 2 rings (SSSR count). The lowest BCUT2D eigenvalue weighted by Crippen LogP contribution is -2.12. The molecule has 0 unspecified atom stereocenters. The van der Waals surface area contributed by atoms with Crippen LogP contribution in [0.15, 0.2) is 42.1 Å². The fraction of sp³-hybridized carbons (Fsp3) is 0.389. The lowest BCUT2D eigenvalue weighted by atomic mass is 10.3. The highest BCUT2D eigenvalue weighted by Gasteiger charge is 2.11. The molecule has 2 aromatic rings. The number of carbonyl (C=O) groups is 1. The molecule has 0 fully saturated rings. The van der Waals surface area contributed by atoms with Crippen molar-refractivity contribution in [1.82, 2.24) is 14.8 Å². The number of ether oxygens (including phenoxy) is 1. The molecule has 0 aliphatic carbocycles. The van der Waals surface area contributed by atoms with Crippen LogP contribution in [-0.4, -0.2) is 33.0 Å². The Morgan fingerprint density at radius 2 is 2.08 bits per heavy atom. The predicted octanol–water partition coefficient (Wildman–Crippen LogP) is 3.55. The maximum Gasteiger partial charge on any atom is 0.225 e. The maximum atomic E-state index is 12.1. The molecule has 1 heterocycles. The van der Waals surface area contributed by atoms with Gasteiger partial charge in [-0.3, -0.25) is 4.79 Å². The number of aromatic nitrogens is 3. The molecule has 1 amide bonds. The first-order valence-electron chi connectivity index (χ1n) is 8.36. The van der Waals surface area contributed by atoms with E-state index in [4.69, 9.17) is 4.74 Å². The quantitative estimate of drug-likeness (QED) is 0.518. The summed E-state index contributed by atoms with van der Waals surface area (Å²) in [5, 5.41) is 12.1. The SMILES string of the molecule is C=CCn1c(CC)nnc1SCCC(=O)Nc1ccc(OCC)cc1. The molecule has 6 nitrogen and oxygen atoms in total. The Kier molecular flexibility index (Phi) is 7.53. The second kappa shape index (κ2) is 9.88. The first-order valence-corrected chi connectivity index (χ1v) is 9.35. The van der Waals surface area contributed by atoms with E-state index in [0.29, 0.717) is 25.3 Å². The zero-order valence-corrected chi connectivity index (χ0v) is 15.5. The molecule has 0 radical (unpaired) electrons. The maximum absolute atomic E-state index is 12.1. The van der Waals surface area contributed by atoms with Crippen molar-refractivity contribution in [2.45, 2.75) is 38.4 Å². The van der Waals surface area contributed by atoms with Crippen LogP contribution < -0.4 is 10.1 Å². The van der Waals surface area contributed by atoms with E-state index in [1.807, 2.05) is 48.8 Å². The molecule has 7 heteroatoms. The van der Waals surface area contributed by atoms with Gasteiger partial charge in [-0.1, -0.05) is 24.8 Å². The number of hydrogen-bond acceptors (Lipinski definition) is 5. The zero-order valence-electron chi connectivity index (χ0n) is 14.7. The minimum atomic E-state index is -0.0258. The van der Waals surface area contributed by atoms with Crippen molar-refractivity contribution in [3.63, 3.8) is 0 Å². The highest BCUT2D eigenvalue weighted by Crippen LogP contribution is 2.19. The fourth-order valence-corrected chi connectivity index (χ4v) is 3.16. The van der Waals surface area contributed by atoms with Crippen molar-refractivity contribution >= 4 is 23.4 Å². The van der Waals surface area contributed by atoms with Crippen LogP contribution in [0.3, 0.4) is 0 Å². The fourth-order valence-electron chi connectivity index (χ4n) is 2.26. The number of amides is 1. The summed E-state index contributed by atoms with van der Waals surface area (Å²) in [5.41, 5.74) is 0.765. The van der Waals surface area contributed by atoms with Gasteiger partial charge in [-0.05, 0) is 31.2 Å². The van der Waals surface area contributed by atoms with Gasteiger partial charge < -0.3 is 14.6 Å². The summed E-state index contributed by atoms with van der Waals surface area (Å²) in [6.45, 7) is 9.05. The Morgan fingerprint density at radius 3 is 2.72 bits per heavy atom. The number of anilines is 1. The number of allylic oxidation sites excluding steroid dienone is 1. The molecule has 0 spiro atoms. The molecule has 1 aromatic heterocycles. The van der Waals surface area contributed by atoms with E-state index in [1.165, 1.54) is 11.8 Å². The van der Waals surface area contributed by atoms with Crippen LogP contribution in [0.1, 0.15) is 26.1 Å². The normalized spacial score (nSPS) is 10.5. The van der Waals surface area contributed by atoms with Crippen LogP contribution in [-0.2, 0) is 17.8 Å². The van der Waals surface area contributed by atoms with Crippen LogP contribution in [0, 0.1) is 0 Å². The van der Waals surface area contributed by atoms with E-state index in [0.717, 1.165) is 28.8 Å². The summed E-state index contributed by atoms with van der Waals surface area (Å²) in [4.78, 5) is 12.1. The van der Waals surface area contributed by atoms with Crippen molar-refractivity contribution in [1.29, 1.82) is 0 Å². The third-order valence-corrected chi connectivity index (χ3v) is 4.40. The van der Waals surface area contributed by atoms with Gasteiger partial charge in [-0.25, -0.2) is 0 Å². The Bertz CT molecular complexity index is 698. The van der Waals surface area contributed by atoms with Crippen molar-refractivity contribution in [3.8, 4) is 5.75 Å². The summed E-state index contributed by atoms with van der Waals surface area (Å²) in [6, 6.07) is 7.37. The van der Waals surface area contributed by atoms with Crippen molar-refractivity contribution in [3.05, 3.63) is 42.7 Å². The van der Waals surface area contributed by atoms with Gasteiger partial charge in [-0.2, -0.15) is 0 Å². The van der Waals surface area contributed by atoms with Crippen LogP contribution in [0.5, 0.6) is 5.75 Å². The Hall–Kier alpha value is -2.28. The molecule has 0 aliphatic rings. The molecule has 0 saturated heterocycles. The minimum Gasteiger partial charge on any atom is -0.494 e. The predicted molar refractivity (Wildman–Crippen MR) is 101 cm³/mol. The number of aryl methyl sites for hydroxylation is 1. The first-order chi connectivity index (χ1) is 12.2. The van der Waals surface area contributed by atoms with Gasteiger partial charge in [-0.15, -0.1) is 16.8 Å². The van der Waals surface area contributed by atoms with E-state index in [9.17, 15) is 4.79 Å². The first kappa shape index (κ1) is 19.1. The van der Waals surface area contributed by atoms with Gasteiger partial charge >= 0.3 is 0 Å². The van der Waals surface area contributed by atoms with E-state index < -0.39 is 0 Å². The monoisotopic (exact) mass is 360 g/mol. The lowest BCUT2D eigenvalue weighted by molar-refractivity contribution is -0.115. The number of hydrogen-bond donors (Lipinski definition) is 1. The summed E-state index contributed by atoms with van der Waals surface area (Å²) in [6.07, 6.45) is 3.05. The average molecular weight is 360 g/mol. The second-order valence-electron chi connectivity index (χ2n) is 5.26. The Labute approximate surface area is 152 Å². The van der Waals surface area contributed by atoms with Gasteiger partial charge in [0.1, 0.15) is 11.6 Å². The minimum absolute atomic E-state index is 0.0258. The van der Waals surface area contributed by atoms with E-state index in [-0.39, 0.29) is 5.91 Å². The Morgan fingerprint density at radius 1 is 1.32 bits per heavy atom. The number of thioether (sulfide) groups is 1. The van der Waals surface area contributed by atoms with Crippen LogP contribution >= 0.6 is 11.8 Å². The molecule has 25 heavy (non-hydrogen) atoms. The molecule has 0 atom stereocenters. The number of carbonyl (C=O) groups excluding carboxylic acids is 1. The van der Waals surface area contributed by atoms with Crippen LogP contribution in [0.25, 0.3) is 0 Å². The highest BCUT2D eigenvalue weighted by atomic mass is 32.2. The lowest BCUT2D eigenvalue weighted by Gasteiger charge is -2.08. The second-order valence-corrected chi connectivity index (χ2v) is 6.32. The molecule has 0 aliphatic heterocycles. The molecule has 0 bridgehead atoms. The number of nitrogens with one attached hydrogen (secondary N) is 1. The molecule has 1 N–H and O–H groups in total. The van der Waals surface area contributed by atoms with E-state index >= 15 is 0 Å². The van der Waals surface area contributed by atoms with Gasteiger partial charge in [0, 0.05) is 30.8 Å². The molecular weight excluding hydrogens is 336 g/mol. The van der Waals surface area contributed by atoms with Crippen molar-refractivity contribution in [2.24, 2.45) is 0 Å². The topological polar surface area (TPSA) is 69.0 Å². The molecule has 134 valence electrons. The summed E-state index contributed by atoms with van der Waals surface area (Å²) < 4.78 is 7.41. The standard InChI is InChI=1S/C18H24N4O2S/c1-4-12-22-16(5-2)20-21-18(22)25-13-11-17(23)19-14-7-9-15(10-8-14)24-6-3/h4,7-10H,1,5-6,11-13H2,2-3H3,(H,19,23). The van der Waals surface area contributed by atoms with Crippen LogP contribution in [0.4, 0.5) is 5.69 Å². The zero-order chi connectivity index (χ0) is 18.1. The van der Waals surface area contributed by atoms with E-state index in [2.05, 4.69) is 22.1 Å². The third-order valence-electron chi connectivity index (χ3n) is 3.43. The highest BCUT2D eigenvalue weighted by molar-refractivity contribution is 7.99. The van der Waals surface area contributed by atoms with Crippen molar-refractivity contribution in [2.75, 3.05) is 17.7 Å². The van der Waals surface area contributed by atoms with Gasteiger partial charge in [0.05, 0.1) is 6.61 Å². The van der Waals surface area contributed by atoms with Gasteiger partial charge in [0.25, 0.3) is 0 Å². The van der Waals surface area contributed by atoms with Crippen LogP contribution in [0.2, 0.25) is 0 Å². The molecular formula is C18H24N4O2S. The Balaban J connectivity index is 1.82. The largest absolute Gasteiger partial charge is 0.494 e. The molecule has 0 saturated carbocycles. The summed E-state index contributed by atoms with van der Waals surface area (Å²) in [5.74, 6) is 2.34. The van der Waals surface area contributed by atoms with Crippen molar-refractivity contribution < 1.29 is 9.53 Å².